The van der Waals surface area contributed by atoms with E-state index in [4.69, 9.17) is 33.5 Å². The topological polar surface area (TPSA) is 403 Å². The minimum Gasteiger partial charge on any atom is -0.507 e. The van der Waals surface area contributed by atoms with Gasteiger partial charge in [-0.3, -0.25) is 43.3 Å². The molecule has 4 saturated heterocycles. The van der Waals surface area contributed by atoms with Crippen molar-refractivity contribution < 1.29 is 105 Å². The third-order valence-corrected chi connectivity index (χ3v) is 17.1. The van der Waals surface area contributed by atoms with E-state index in [9.17, 15) is 66.9 Å². The molecule has 4 heterocycles. The molecule has 0 radical (unpaired) electrons. The number of phenolic OH excluding ortho intramolecular Hbond substituents is 2. The van der Waals surface area contributed by atoms with Gasteiger partial charge in [0.05, 0.1) is 48.5 Å². The molecule has 6 amide bonds. The summed E-state index contributed by atoms with van der Waals surface area (Å²) >= 11 is 0. The number of hydrogen-bond donors (Lipinski definition) is 9. The molecule has 2 aromatic rings. The van der Waals surface area contributed by atoms with E-state index in [-0.39, 0.29) is 79.5 Å². The van der Waals surface area contributed by atoms with E-state index in [1.54, 1.807) is 11.6 Å². The van der Waals surface area contributed by atoms with E-state index in [0.717, 1.165) is 9.21 Å². The zero-order valence-corrected chi connectivity index (χ0v) is 47.3. The molecule has 0 aromatic heterocycles. The number of fused-ring (bicyclic) bond motifs is 6. The smallest absolute Gasteiger partial charge is 0.422 e. The molecule has 0 bridgehead atoms. The van der Waals surface area contributed by atoms with Gasteiger partial charge in [-0.1, -0.05) is 12.1 Å². The summed E-state index contributed by atoms with van der Waals surface area (Å²) in [5, 5.41) is 55.5. The maximum absolute atomic E-state index is 14.5. The molecule has 2 aliphatic carbocycles. The zero-order chi connectivity index (χ0) is 60.6. The Morgan fingerprint density at radius 3 is 2.18 bits per heavy atom. The van der Waals surface area contributed by atoms with Crippen molar-refractivity contribution in [3.05, 3.63) is 51.6 Å². The lowest BCUT2D eigenvalue weighted by atomic mass is 9.72. The van der Waals surface area contributed by atoms with Crippen molar-refractivity contribution in [3.63, 3.8) is 0 Å². The van der Waals surface area contributed by atoms with Crippen LogP contribution < -0.4 is 30.7 Å². The molecule has 9 N–H and O–H groups in total. The van der Waals surface area contributed by atoms with Crippen molar-refractivity contribution in [2.75, 3.05) is 67.2 Å². The average molecular weight is 1190 g/mol. The van der Waals surface area contributed by atoms with E-state index in [2.05, 4.69) is 30.9 Å². The Hall–Kier alpha value is -7.10. The quantitative estimate of drug-likeness (QED) is 0.0587. The molecule has 31 heteroatoms. The molecule has 454 valence electrons. The Morgan fingerprint density at radius 1 is 0.880 bits per heavy atom. The number of amides is 6. The summed E-state index contributed by atoms with van der Waals surface area (Å²) in [6.45, 7) is 4.70. The number of hydrogen-bond acceptors (Lipinski definition) is 22. The van der Waals surface area contributed by atoms with Crippen molar-refractivity contribution in [1.29, 1.82) is 0 Å². The second kappa shape index (κ2) is 25.0. The molecular formula is C52H68N8O22S. The van der Waals surface area contributed by atoms with Gasteiger partial charge < -0.3 is 79.8 Å². The third-order valence-electron chi connectivity index (χ3n) is 15.6. The number of nitrogens with zero attached hydrogens (tertiary/aromatic N) is 3. The number of likely N-dealkylation sites (N-methyl/N-ethyl adjacent to an activating group) is 1. The monoisotopic (exact) mass is 1190 g/mol. The van der Waals surface area contributed by atoms with Crippen LogP contribution in [0.4, 0.5) is 4.79 Å². The predicted octanol–water partition coefficient (Wildman–Crippen LogP) is -1.99. The van der Waals surface area contributed by atoms with Gasteiger partial charge >= 0.3 is 22.3 Å². The van der Waals surface area contributed by atoms with Crippen LogP contribution in [0, 0.1) is 5.92 Å². The number of piperidine rings is 1. The normalized spacial score (nSPS) is 26.2. The lowest BCUT2D eigenvalue weighted by molar-refractivity contribution is -0.256. The number of carbonyl (C=O) groups is 9. The highest BCUT2D eigenvalue weighted by Crippen LogP contribution is 2.53. The Morgan fingerprint density at radius 2 is 1.53 bits per heavy atom. The summed E-state index contributed by atoms with van der Waals surface area (Å²) in [5.74, 6) is -9.23. The highest BCUT2D eigenvalue weighted by Gasteiger charge is 2.56. The number of aliphatic hydroxyl groups is 1. The molecule has 2 aromatic carbocycles. The van der Waals surface area contributed by atoms with Gasteiger partial charge in [0, 0.05) is 88.9 Å². The number of carbonyl (C=O) groups excluding carboxylic acids is 8. The number of rotatable bonds is 19. The summed E-state index contributed by atoms with van der Waals surface area (Å²) in [7, 11) is -0.270. The first-order valence-electron chi connectivity index (χ1n) is 26.8. The summed E-state index contributed by atoms with van der Waals surface area (Å²) in [5.41, 5.74) is -4.12. The number of ketones is 2. The van der Waals surface area contributed by atoms with Gasteiger partial charge in [0.2, 0.25) is 23.5 Å². The van der Waals surface area contributed by atoms with Gasteiger partial charge in [-0.2, -0.15) is 12.7 Å². The zero-order valence-electron chi connectivity index (χ0n) is 46.5. The Kier molecular flexibility index (Phi) is 18.7. The van der Waals surface area contributed by atoms with Crippen LogP contribution in [-0.4, -0.2) is 224 Å². The summed E-state index contributed by atoms with van der Waals surface area (Å²) < 4.78 is 68.2. The van der Waals surface area contributed by atoms with Crippen molar-refractivity contribution in [2.24, 2.45) is 5.92 Å². The fraction of sp³-hybridized carbons (Fsp3) is 0.596. The van der Waals surface area contributed by atoms with Crippen LogP contribution in [-0.2, 0) is 73.8 Å². The van der Waals surface area contributed by atoms with Gasteiger partial charge in [-0.05, 0) is 46.6 Å². The Labute approximate surface area is 475 Å². The molecule has 6 aliphatic rings. The molecule has 8 rings (SSSR count). The highest BCUT2D eigenvalue weighted by molar-refractivity contribution is 7.87. The summed E-state index contributed by atoms with van der Waals surface area (Å²) in [6.07, 6.45) is -7.28. The van der Waals surface area contributed by atoms with Crippen LogP contribution in [0.3, 0.4) is 0 Å². The van der Waals surface area contributed by atoms with Crippen molar-refractivity contribution >= 4 is 63.4 Å². The highest BCUT2D eigenvalue weighted by atomic mass is 32.2. The number of carboxylic acids is 1. The van der Waals surface area contributed by atoms with Crippen LogP contribution in [0.25, 0.3) is 0 Å². The van der Waals surface area contributed by atoms with Gasteiger partial charge in [0.1, 0.15) is 47.1 Å². The molecule has 4 fully saturated rings. The van der Waals surface area contributed by atoms with Gasteiger partial charge in [-0.25, -0.2) is 9.52 Å². The number of nitrogens with one attached hydrogen (secondary N) is 5. The van der Waals surface area contributed by atoms with E-state index in [1.807, 2.05) is 0 Å². The number of benzene rings is 2. The average Bonchev–Trinajstić information content (AvgIpc) is 3.14. The first-order valence-corrected chi connectivity index (χ1v) is 28.2. The van der Waals surface area contributed by atoms with Crippen molar-refractivity contribution in [3.8, 4) is 17.2 Å². The van der Waals surface area contributed by atoms with Gasteiger partial charge in [0.25, 0.3) is 11.8 Å². The fourth-order valence-corrected chi connectivity index (χ4v) is 12.4. The molecule has 0 saturated carbocycles. The number of ether oxygens (including phenoxy) is 7. The van der Waals surface area contributed by atoms with Gasteiger partial charge in [0.15, 0.2) is 31.2 Å². The Balaban J connectivity index is 0.868. The van der Waals surface area contributed by atoms with E-state index < -0.39 is 172 Å². The molecule has 0 unspecified atom stereocenters. The van der Waals surface area contributed by atoms with Crippen LogP contribution in [0.5, 0.6) is 17.2 Å². The maximum atomic E-state index is 14.5. The van der Waals surface area contributed by atoms with Crippen molar-refractivity contribution in [2.45, 2.75) is 127 Å². The van der Waals surface area contributed by atoms with Gasteiger partial charge in [-0.15, -0.1) is 0 Å². The van der Waals surface area contributed by atoms with Crippen molar-refractivity contribution in [1.82, 2.24) is 40.1 Å². The largest absolute Gasteiger partial charge is 0.507 e. The minimum absolute atomic E-state index is 0.0274. The molecule has 11 atom stereocenters. The molecule has 0 spiro atoms. The van der Waals surface area contributed by atoms with Crippen LogP contribution in [0.15, 0.2) is 18.2 Å². The van der Waals surface area contributed by atoms with Crippen LogP contribution in [0.2, 0.25) is 0 Å². The number of methoxy groups -OCH3 is 2. The van der Waals surface area contributed by atoms with Crippen LogP contribution >= 0.6 is 0 Å². The number of morpholine rings is 1. The third kappa shape index (κ3) is 12.7. The SMILES string of the molecule is COc1cccc2c1C(=O)c1c(O)c3c(c(O)c1C2=O)C[C@@](O)(C(=O)N(C)CCNC(=O)[C@H](C)NC(=O)[C@H](C)NC(=O)[C@H](C)NC(=O)COC(=O)NS(=O)(=O)N1CCC(C(=O)O)CC1)C[C@@H]3O[C@H]1C[C@H]2[C@H](O[C@@H]3[C@@H](OC)OCCN32)[C@H](C)O1. The number of phenols is 2. The first kappa shape index (κ1) is 62.0. The number of aliphatic carboxylic acids is 1. The standard InChI is InChI=1S/C52H68N8O22S/c1-23(55-46(68)25(3)56-45(67)24(2)54-33(61)22-79-51(72)57-83(74,75)59-14-11-27(12-15-59)48(69)70)44(66)53-13-16-58(5)50(71)52(73)20-29-36(42(65)38-37(40(29)63)39(62)28-9-8-10-31(76-6)35(28)41(38)64)32(21-52)81-34-19-30-43(26(4)80-34)82-47-49(77-7)78-18-17-60(30)47/h8-10,23-27,30,32,34,43,47,49,63,65,73H,11-22H2,1-7H3,(H,53,66)(H,54,61)(H,55,68)(H,56,67)(H,57,72)(H,69,70)/t23-,24-,25-,26-,30-,32-,34-,43+,47+,49-,52-/m0/s1. The Bertz CT molecular complexity index is 3050. The summed E-state index contributed by atoms with van der Waals surface area (Å²) in [6, 6.07) is 0.239. The summed E-state index contributed by atoms with van der Waals surface area (Å²) in [4.78, 5) is 121. The van der Waals surface area contributed by atoms with E-state index >= 15 is 0 Å². The molecular weight excluding hydrogens is 1120 g/mol. The molecule has 30 nitrogen and oxygen atoms in total. The fourth-order valence-electron chi connectivity index (χ4n) is 11.3. The lowest BCUT2D eigenvalue weighted by Gasteiger charge is -2.44. The predicted molar refractivity (Wildman–Crippen MR) is 280 cm³/mol. The van der Waals surface area contributed by atoms with Crippen LogP contribution in [0.1, 0.15) is 102 Å². The second-order valence-corrected chi connectivity index (χ2v) is 22.8. The van der Waals surface area contributed by atoms with E-state index in [1.165, 1.54) is 60.2 Å². The number of aromatic hydroxyl groups is 2. The van der Waals surface area contributed by atoms with E-state index in [0.29, 0.717) is 13.2 Å². The maximum Gasteiger partial charge on any atom is 0.422 e. The molecule has 83 heavy (non-hydrogen) atoms. The number of carboxylic acid groups (broad SMARTS) is 1. The minimum atomic E-state index is -4.41. The first-order chi connectivity index (χ1) is 39.2. The lowest BCUT2D eigenvalue weighted by Crippen LogP contribution is -2.56. The second-order valence-electron chi connectivity index (χ2n) is 21.2. The molecule has 4 aliphatic heterocycles.